The van der Waals surface area contributed by atoms with E-state index in [1.807, 2.05) is 0 Å². The Morgan fingerprint density at radius 2 is 1.94 bits per heavy atom. The molecule has 1 aliphatic rings. The van der Waals surface area contributed by atoms with E-state index in [0.29, 0.717) is 22.5 Å². The lowest BCUT2D eigenvalue weighted by atomic mass is 10.1. The standard InChI is InChI=1S/C21H19N5O5S/c1-12(14-6-8-17(9-7-14)26(30)31)24-25-21-23-20(29)18(32-21)11-19(28)22-16-5-3-4-15(10-16)13(2)27/h3-10,18,24H,1,11H2,2H3,(H,22,28)(H,23,25,29)/t18-/m1/s1. The quantitative estimate of drug-likeness (QED) is 0.317. The fourth-order valence-corrected chi connectivity index (χ4v) is 3.68. The molecule has 1 atom stereocenters. The number of nitro benzene ring substituents is 1. The monoisotopic (exact) mass is 453 g/mol. The lowest BCUT2D eigenvalue weighted by Crippen LogP contribution is -2.28. The highest BCUT2D eigenvalue weighted by molar-refractivity contribution is 8.15. The van der Waals surface area contributed by atoms with Crippen LogP contribution in [-0.2, 0) is 9.59 Å². The molecule has 2 aromatic carbocycles. The number of anilines is 1. The maximum Gasteiger partial charge on any atom is 0.269 e. The van der Waals surface area contributed by atoms with Crippen molar-refractivity contribution in [3.05, 3.63) is 76.4 Å². The summed E-state index contributed by atoms with van der Waals surface area (Å²) in [5, 5.41) is 19.7. The summed E-state index contributed by atoms with van der Waals surface area (Å²) in [5.41, 5.74) is 4.58. The van der Waals surface area contributed by atoms with Crippen molar-refractivity contribution < 1.29 is 19.3 Å². The number of non-ortho nitro benzene ring substituents is 1. The van der Waals surface area contributed by atoms with Gasteiger partial charge in [-0.3, -0.25) is 29.9 Å². The van der Waals surface area contributed by atoms with Crippen LogP contribution in [0.15, 0.2) is 60.2 Å². The third-order valence-corrected chi connectivity index (χ3v) is 5.50. The van der Waals surface area contributed by atoms with E-state index in [1.54, 1.807) is 24.3 Å². The fourth-order valence-electron chi connectivity index (χ4n) is 2.76. The zero-order valence-corrected chi connectivity index (χ0v) is 17.8. The molecule has 1 fully saturated rings. The molecule has 3 rings (SSSR count). The van der Waals surface area contributed by atoms with Crippen molar-refractivity contribution >= 4 is 51.6 Å². The first-order chi connectivity index (χ1) is 15.2. The molecule has 164 valence electrons. The molecule has 1 saturated heterocycles. The molecule has 32 heavy (non-hydrogen) atoms. The predicted octanol–water partition coefficient (Wildman–Crippen LogP) is 2.89. The first-order valence-corrected chi connectivity index (χ1v) is 10.3. The Kier molecular flexibility index (Phi) is 7.00. The molecular formula is C21H19N5O5S. The predicted molar refractivity (Wildman–Crippen MR) is 122 cm³/mol. The summed E-state index contributed by atoms with van der Waals surface area (Å²) in [6, 6.07) is 12.3. The number of thioether (sulfide) groups is 1. The highest BCUT2D eigenvalue weighted by atomic mass is 32.2. The molecule has 11 heteroatoms. The number of hydrogen-bond acceptors (Lipinski definition) is 8. The van der Waals surface area contributed by atoms with Crippen LogP contribution in [0.2, 0.25) is 0 Å². The van der Waals surface area contributed by atoms with Crippen LogP contribution in [0.5, 0.6) is 0 Å². The first-order valence-electron chi connectivity index (χ1n) is 9.38. The number of Topliss-reactive ketones (excluding diaryl/α,β-unsaturated/α-hetero) is 1. The van der Waals surface area contributed by atoms with Crippen molar-refractivity contribution in [3.63, 3.8) is 0 Å². The number of rotatable bonds is 8. The van der Waals surface area contributed by atoms with Gasteiger partial charge in [0.05, 0.1) is 10.6 Å². The minimum Gasteiger partial charge on any atom is -0.326 e. The van der Waals surface area contributed by atoms with Gasteiger partial charge < -0.3 is 10.6 Å². The molecule has 1 aliphatic heterocycles. The van der Waals surface area contributed by atoms with Crippen molar-refractivity contribution in [2.45, 2.75) is 18.6 Å². The molecule has 0 aliphatic carbocycles. The summed E-state index contributed by atoms with van der Waals surface area (Å²) < 4.78 is 0. The van der Waals surface area contributed by atoms with Crippen molar-refractivity contribution in [2.24, 2.45) is 5.10 Å². The summed E-state index contributed by atoms with van der Waals surface area (Å²) in [6.07, 6.45) is -0.0802. The summed E-state index contributed by atoms with van der Waals surface area (Å²) in [4.78, 5) is 46.2. The third-order valence-electron chi connectivity index (χ3n) is 4.42. The van der Waals surface area contributed by atoms with Crippen LogP contribution in [0.1, 0.15) is 29.3 Å². The molecule has 2 amide bonds. The molecule has 2 aromatic rings. The molecule has 0 radical (unpaired) electrons. The highest BCUT2D eigenvalue weighted by Crippen LogP contribution is 2.23. The average Bonchev–Trinajstić information content (AvgIpc) is 3.11. The molecular weight excluding hydrogens is 434 g/mol. The summed E-state index contributed by atoms with van der Waals surface area (Å²) in [7, 11) is 0. The second-order valence-electron chi connectivity index (χ2n) is 6.80. The first kappa shape index (κ1) is 22.7. The maximum atomic E-state index is 12.3. The highest BCUT2D eigenvalue weighted by Gasteiger charge is 2.32. The van der Waals surface area contributed by atoms with Crippen LogP contribution < -0.4 is 16.1 Å². The van der Waals surface area contributed by atoms with Crippen LogP contribution in [0.3, 0.4) is 0 Å². The minimum absolute atomic E-state index is 0.0411. The molecule has 0 bridgehead atoms. The Morgan fingerprint density at radius 3 is 2.59 bits per heavy atom. The summed E-state index contributed by atoms with van der Waals surface area (Å²) >= 11 is 1.09. The average molecular weight is 453 g/mol. The smallest absolute Gasteiger partial charge is 0.269 e. The zero-order chi connectivity index (χ0) is 23.3. The fraction of sp³-hybridized carbons (Fsp3) is 0.143. The Hall–Kier alpha value is -3.99. The number of nitro groups is 1. The number of carbonyl (C=O) groups excluding carboxylic acids is 3. The van der Waals surface area contributed by atoms with Gasteiger partial charge in [-0.15, -0.1) is 5.10 Å². The van der Waals surface area contributed by atoms with Crippen molar-refractivity contribution in [1.29, 1.82) is 0 Å². The van der Waals surface area contributed by atoms with Crippen LogP contribution >= 0.6 is 11.8 Å². The molecule has 0 saturated carbocycles. The molecule has 3 N–H and O–H groups in total. The van der Waals surface area contributed by atoms with Gasteiger partial charge in [0, 0.05) is 29.8 Å². The minimum atomic E-state index is -0.667. The summed E-state index contributed by atoms with van der Waals surface area (Å²) in [5.74, 6) is -0.845. The van der Waals surface area contributed by atoms with E-state index in [2.05, 4.69) is 27.7 Å². The second-order valence-corrected chi connectivity index (χ2v) is 7.99. The number of hydrogen-bond donors (Lipinski definition) is 3. The number of amides is 2. The Morgan fingerprint density at radius 1 is 1.22 bits per heavy atom. The number of carbonyl (C=O) groups is 3. The molecule has 0 aromatic heterocycles. The lowest BCUT2D eigenvalue weighted by Gasteiger charge is -2.08. The van der Waals surface area contributed by atoms with Gasteiger partial charge in [0.1, 0.15) is 5.25 Å². The van der Waals surface area contributed by atoms with E-state index in [4.69, 9.17) is 0 Å². The lowest BCUT2D eigenvalue weighted by molar-refractivity contribution is -0.384. The van der Waals surface area contributed by atoms with Crippen LogP contribution in [0.4, 0.5) is 11.4 Å². The van der Waals surface area contributed by atoms with Crippen molar-refractivity contribution in [1.82, 2.24) is 10.7 Å². The Labute approximate surface area is 187 Å². The van der Waals surface area contributed by atoms with E-state index in [1.165, 1.54) is 31.2 Å². The van der Waals surface area contributed by atoms with Gasteiger partial charge in [0.15, 0.2) is 11.0 Å². The third kappa shape index (κ3) is 5.79. The van der Waals surface area contributed by atoms with Gasteiger partial charge >= 0.3 is 0 Å². The van der Waals surface area contributed by atoms with E-state index in [0.717, 1.165) is 11.8 Å². The maximum absolute atomic E-state index is 12.3. The zero-order valence-electron chi connectivity index (χ0n) is 17.0. The van der Waals surface area contributed by atoms with Gasteiger partial charge in [-0.25, -0.2) is 0 Å². The van der Waals surface area contributed by atoms with Gasteiger partial charge in [0.2, 0.25) is 11.8 Å². The Balaban J connectivity index is 1.55. The largest absolute Gasteiger partial charge is 0.326 e. The number of benzene rings is 2. The van der Waals surface area contributed by atoms with Gasteiger partial charge in [0.25, 0.3) is 5.69 Å². The van der Waals surface area contributed by atoms with Gasteiger partial charge in [-0.2, -0.15) is 0 Å². The number of ketones is 1. The van der Waals surface area contributed by atoms with E-state index < -0.39 is 10.2 Å². The number of nitrogens with zero attached hydrogens (tertiary/aromatic N) is 2. The van der Waals surface area contributed by atoms with Crippen LogP contribution in [-0.4, -0.2) is 32.9 Å². The van der Waals surface area contributed by atoms with Crippen LogP contribution in [0, 0.1) is 10.1 Å². The topological polar surface area (TPSA) is 143 Å². The van der Waals surface area contributed by atoms with Gasteiger partial charge in [-0.1, -0.05) is 30.5 Å². The normalized spacial score (nSPS) is 16.3. The van der Waals surface area contributed by atoms with Gasteiger partial charge in [-0.05, 0) is 36.8 Å². The molecule has 0 unspecified atom stereocenters. The Bertz CT molecular complexity index is 1130. The second kappa shape index (κ2) is 9.88. The van der Waals surface area contributed by atoms with E-state index in [9.17, 15) is 24.5 Å². The molecule has 10 nitrogen and oxygen atoms in total. The molecule has 0 spiro atoms. The van der Waals surface area contributed by atoms with Crippen molar-refractivity contribution in [3.8, 4) is 0 Å². The van der Waals surface area contributed by atoms with Crippen LogP contribution in [0.25, 0.3) is 5.70 Å². The summed E-state index contributed by atoms with van der Waals surface area (Å²) in [6.45, 7) is 5.25. The van der Waals surface area contributed by atoms with E-state index >= 15 is 0 Å². The van der Waals surface area contributed by atoms with Crippen molar-refractivity contribution in [2.75, 3.05) is 5.32 Å². The SMILES string of the molecule is C=C(N/N=C1\NC(=O)[C@@H](CC(=O)Nc2cccc(C(C)=O)c2)S1)c1ccc([N+](=O)[O-])cc1. The number of nitrogens with one attached hydrogen (secondary N) is 3. The van der Waals surface area contributed by atoms with E-state index in [-0.39, 0.29) is 34.9 Å². The number of hydrazone groups is 1. The number of amidine groups is 1. The molecule has 1 heterocycles.